The summed E-state index contributed by atoms with van der Waals surface area (Å²) >= 11 is 0. The number of ether oxygens (including phenoxy) is 1. The van der Waals surface area contributed by atoms with Crippen molar-refractivity contribution in [2.24, 2.45) is 0 Å². The van der Waals surface area contributed by atoms with Crippen LogP contribution in [0.4, 0.5) is 11.8 Å². The topological polar surface area (TPSA) is 180 Å². The van der Waals surface area contributed by atoms with Crippen molar-refractivity contribution in [2.45, 2.75) is 38.6 Å². The molecule has 5 aromatic heterocycles. The van der Waals surface area contributed by atoms with Crippen LogP contribution < -0.4 is 10.6 Å². The number of pyridine rings is 1. The molecule has 0 atom stereocenters. The van der Waals surface area contributed by atoms with Gasteiger partial charge in [-0.15, -0.1) is 0 Å². The monoisotopic (exact) mass is 709 g/mol. The zero-order valence-corrected chi connectivity index (χ0v) is 29.8. The number of Topliss-reactive ketones (excluding diaryl/α,β-unsaturated/α-hetero) is 1. The van der Waals surface area contributed by atoms with Crippen LogP contribution in [-0.2, 0) is 16.1 Å². The third-order valence-corrected chi connectivity index (χ3v) is 9.99. The number of unbranched alkanes of at least 4 members (excludes halogenated alkanes) is 2. The molecule has 2 saturated heterocycles. The molecule has 2 aliphatic rings. The van der Waals surface area contributed by atoms with Gasteiger partial charge >= 0.3 is 0 Å². The molecule has 7 heterocycles. The number of likely N-dealkylation sites (N-methyl/N-ethyl adjacent to an activating group) is 1. The lowest BCUT2D eigenvalue weighted by Crippen LogP contribution is -2.48. The maximum Gasteiger partial charge on any atom is 0.225 e. The minimum atomic E-state index is 0.0431. The summed E-state index contributed by atoms with van der Waals surface area (Å²) < 4.78 is 7.65. The number of rotatable bonds is 15. The summed E-state index contributed by atoms with van der Waals surface area (Å²) in [5, 5.41) is 6.56. The number of ketones is 1. The summed E-state index contributed by atoms with van der Waals surface area (Å²) in [6.45, 7) is 9.38. The lowest BCUT2D eigenvalue weighted by atomic mass is 10.1. The molecule has 2 aliphatic heterocycles. The lowest BCUT2D eigenvalue weighted by Gasteiger charge is -2.34. The molecule has 16 heteroatoms. The number of nitrogens with two attached hydrogens (primary N) is 1. The van der Waals surface area contributed by atoms with Crippen LogP contribution in [0.15, 0.2) is 43.2 Å². The largest absolute Gasteiger partial charge is 0.383 e. The second kappa shape index (κ2) is 16.5. The number of carbonyl (C=O) groups excluding carboxylic acids is 2. The Bertz CT molecular complexity index is 1960. The Hall–Kier alpha value is -5.06. The van der Waals surface area contributed by atoms with Crippen molar-refractivity contribution < 1.29 is 14.3 Å². The van der Waals surface area contributed by atoms with E-state index in [-0.39, 0.29) is 11.7 Å². The fourth-order valence-corrected chi connectivity index (χ4v) is 6.80. The summed E-state index contributed by atoms with van der Waals surface area (Å²) in [4.78, 5) is 59.4. The second-order valence-electron chi connectivity index (χ2n) is 13.5. The van der Waals surface area contributed by atoms with Crippen LogP contribution in [0, 0.1) is 0 Å². The average molecular weight is 710 g/mol. The lowest BCUT2D eigenvalue weighted by molar-refractivity contribution is -0.133. The number of piperazine rings is 2. The van der Waals surface area contributed by atoms with Gasteiger partial charge in [-0.1, -0.05) is 6.42 Å². The highest BCUT2D eigenvalue weighted by Crippen LogP contribution is 2.31. The summed E-state index contributed by atoms with van der Waals surface area (Å²) in [5.74, 6) is 1.25. The van der Waals surface area contributed by atoms with Crippen LogP contribution >= 0.6 is 0 Å². The number of nitrogen functional groups attached to an aromatic ring is 1. The predicted octanol–water partition coefficient (Wildman–Crippen LogP) is 2.49. The number of carbonyl (C=O) groups is 2. The van der Waals surface area contributed by atoms with Gasteiger partial charge in [-0.3, -0.25) is 14.5 Å². The maximum atomic E-state index is 12.9. The van der Waals surface area contributed by atoms with Crippen molar-refractivity contribution in [1.29, 1.82) is 0 Å². The second-order valence-corrected chi connectivity index (χ2v) is 13.5. The van der Waals surface area contributed by atoms with Crippen LogP contribution in [0.1, 0.15) is 42.5 Å². The molecule has 2 fully saturated rings. The van der Waals surface area contributed by atoms with E-state index < -0.39 is 0 Å². The Morgan fingerprint density at radius 3 is 2.48 bits per heavy atom. The highest BCUT2D eigenvalue weighted by atomic mass is 16.5. The molecule has 0 radical (unpaired) electrons. The molecule has 1 amide bonds. The van der Waals surface area contributed by atoms with E-state index in [9.17, 15) is 9.59 Å². The number of nitrogens with one attached hydrogen (secondary N) is 1. The number of amides is 1. The van der Waals surface area contributed by atoms with Crippen molar-refractivity contribution in [3.05, 3.63) is 48.8 Å². The summed E-state index contributed by atoms with van der Waals surface area (Å²) in [6.07, 6.45) is 11.7. The number of nitrogens with zero attached hydrogens (tertiary/aromatic N) is 11. The molecule has 0 aliphatic carbocycles. The Morgan fingerprint density at radius 1 is 0.865 bits per heavy atom. The quantitative estimate of drug-likeness (QED) is 0.120. The molecule has 52 heavy (non-hydrogen) atoms. The van der Waals surface area contributed by atoms with Crippen molar-refractivity contribution in [3.8, 4) is 11.3 Å². The van der Waals surface area contributed by atoms with E-state index >= 15 is 0 Å². The fraction of sp³-hybridized carbons (Fsp3) is 0.500. The van der Waals surface area contributed by atoms with Gasteiger partial charge in [-0.25, -0.2) is 29.6 Å². The molecule has 3 N–H and O–H groups in total. The number of hydrogen-bond acceptors (Lipinski definition) is 13. The first-order valence-corrected chi connectivity index (χ1v) is 18.2. The number of aromatic amines is 1. The minimum absolute atomic E-state index is 0.0431. The third-order valence-electron chi connectivity index (χ3n) is 9.99. The Balaban J connectivity index is 0.808. The summed E-state index contributed by atoms with van der Waals surface area (Å²) in [6, 6.07) is 4.00. The van der Waals surface area contributed by atoms with E-state index in [1.54, 1.807) is 18.6 Å². The number of H-pyrrole nitrogens is 1. The van der Waals surface area contributed by atoms with Gasteiger partial charge in [0.05, 0.1) is 30.6 Å². The first-order valence-electron chi connectivity index (χ1n) is 18.2. The van der Waals surface area contributed by atoms with E-state index in [1.165, 1.54) is 6.33 Å². The molecular weight excluding hydrogens is 662 g/mol. The zero-order valence-electron chi connectivity index (χ0n) is 29.8. The summed E-state index contributed by atoms with van der Waals surface area (Å²) in [5.41, 5.74) is 9.86. The van der Waals surface area contributed by atoms with Crippen molar-refractivity contribution in [2.75, 3.05) is 89.8 Å². The molecule has 0 aromatic carbocycles. The molecule has 0 saturated carbocycles. The number of hydrogen-bond donors (Lipinski definition) is 2. The third kappa shape index (κ3) is 8.35. The van der Waals surface area contributed by atoms with Crippen LogP contribution in [0.3, 0.4) is 0 Å². The van der Waals surface area contributed by atoms with Gasteiger partial charge in [-0.05, 0) is 32.0 Å². The molecule has 0 spiro atoms. The minimum Gasteiger partial charge on any atom is -0.383 e. The molecule has 5 aromatic rings. The van der Waals surface area contributed by atoms with Crippen molar-refractivity contribution in [1.82, 2.24) is 54.4 Å². The van der Waals surface area contributed by atoms with Crippen LogP contribution in [0.25, 0.3) is 33.3 Å². The van der Waals surface area contributed by atoms with Crippen molar-refractivity contribution >= 4 is 45.5 Å². The normalized spacial score (nSPS) is 15.9. The van der Waals surface area contributed by atoms with Gasteiger partial charge in [0, 0.05) is 108 Å². The highest BCUT2D eigenvalue weighted by molar-refractivity contribution is 5.99. The first kappa shape index (κ1) is 35.3. The van der Waals surface area contributed by atoms with Gasteiger partial charge in [0.15, 0.2) is 11.4 Å². The van der Waals surface area contributed by atoms with E-state index in [0.29, 0.717) is 66.7 Å². The molecule has 7 rings (SSSR count). The van der Waals surface area contributed by atoms with Crippen LogP contribution in [0.5, 0.6) is 0 Å². The standard InChI is InChI=1S/C36H47N13O3/c1-45-10-14-47(15-11-45)30(51)7-19-52-20-18-46-12-16-48(17-13-46)36-40-23-28(24-41-36)29(50)5-3-2-4-9-49-35-31(33(37)42-25-43-35)32(44-49)27-21-26-6-8-38-34(26)39-22-27/h6,8,21-25H,2-5,7,9-20H2,1H3,(H,38,39)(H2,37,42,43). The van der Waals surface area contributed by atoms with Gasteiger partial charge in [-0.2, -0.15) is 5.10 Å². The van der Waals surface area contributed by atoms with Crippen molar-refractivity contribution in [3.63, 3.8) is 0 Å². The molecule has 16 nitrogen and oxygen atoms in total. The first-order chi connectivity index (χ1) is 25.4. The molecular formula is C36H47N13O3. The van der Waals surface area contributed by atoms with Gasteiger partial charge < -0.3 is 30.2 Å². The summed E-state index contributed by atoms with van der Waals surface area (Å²) in [7, 11) is 2.09. The Labute approximate surface area is 302 Å². The van der Waals surface area contributed by atoms with Gasteiger partial charge in [0.2, 0.25) is 11.9 Å². The number of fused-ring (bicyclic) bond motifs is 2. The smallest absolute Gasteiger partial charge is 0.225 e. The van der Waals surface area contributed by atoms with Crippen LogP contribution in [-0.4, -0.2) is 145 Å². The number of aromatic nitrogens is 8. The van der Waals surface area contributed by atoms with Crippen LogP contribution in [0.2, 0.25) is 0 Å². The van der Waals surface area contributed by atoms with E-state index in [4.69, 9.17) is 15.6 Å². The molecule has 274 valence electrons. The highest BCUT2D eigenvalue weighted by Gasteiger charge is 2.21. The molecule has 0 unspecified atom stereocenters. The van der Waals surface area contributed by atoms with Gasteiger partial charge in [0.1, 0.15) is 23.5 Å². The van der Waals surface area contributed by atoms with E-state index in [2.05, 4.69) is 51.7 Å². The van der Waals surface area contributed by atoms with E-state index in [0.717, 1.165) is 94.8 Å². The molecule has 0 bridgehead atoms. The number of anilines is 2. The predicted molar refractivity (Wildman–Crippen MR) is 198 cm³/mol. The van der Waals surface area contributed by atoms with E-state index in [1.807, 2.05) is 27.9 Å². The number of aryl methyl sites for hydroxylation is 1. The van der Waals surface area contributed by atoms with Gasteiger partial charge in [0.25, 0.3) is 0 Å². The fourth-order valence-electron chi connectivity index (χ4n) is 6.80. The Morgan fingerprint density at radius 2 is 1.67 bits per heavy atom. The average Bonchev–Trinajstić information content (AvgIpc) is 3.80. The SMILES string of the molecule is CN1CCN(C(=O)CCOCCN2CCN(c3ncc(C(=O)CCCCCn4nc(-c5cnc6[nH]ccc6c5)c5c(N)ncnc54)cn3)CC2)CC1. The zero-order chi connectivity index (χ0) is 35.9. The maximum absolute atomic E-state index is 12.9. The Kier molecular flexibility index (Phi) is 11.2.